The number of hydrogen-bond acceptors (Lipinski definition) is 4. The van der Waals surface area contributed by atoms with Crippen LogP contribution in [0.4, 0.5) is 11.4 Å². The van der Waals surface area contributed by atoms with E-state index in [0.29, 0.717) is 11.4 Å². The Kier molecular flexibility index (Phi) is 8.18. The summed E-state index contributed by atoms with van der Waals surface area (Å²) in [5.41, 5.74) is 1.37. The minimum absolute atomic E-state index is 0.0278. The maximum Gasteiger partial charge on any atom is 0.296 e. The zero-order chi connectivity index (χ0) is 19.5. The molecule has 5 heteroatoms. The smallest absolute Gasteiger partial charge is 0.296 e. The molecule has 1 unspecified atom stereocenters. The molecule has 27 heavy (non-hydrogen) atoms. The number of nitrogens with one attached hydrogen (secondary N) is 1. The molecule has 1 N–H and O–H groups in total. The van der Waals surface area contributed by atoms with Crippen LogP contribution in [0.25, 0.3) is 0 Å². The Hall–Kier alpha value is -3.00. The topological polar surface area (TPSA) is 64.4 Å². The Morgan fingerprint density at radius 2 is 1.93 bits per heavy atom. The Bertz CT molecular complexity index is 794. The van der Waals surface area contributed by atoms with Crippen molar-refractivity contribution in [3.05, 3.63) is 64.2 Å². The number of methoxy groups -OCH3 is 1. The molecule has 0 saturated carbocycles. The summed E-state index contributed by atoms with van der Waals surface area (Å²) >= 11 is 0. The molecular weight excluding hydrogens is 340 g/mol. The average Bonchev–Trinajstić information content (AvgIpc) is 2.70. The van der Waals surface area contributed by atoms with Crippen LogP contribution in [0.5, 0.6) is 5.75 Å². The quantitative estimate of drug-likeness (QED) is 0.266. The summed E-state index contributed by atoms with van der Waals surface area (Å²) in [6.07, 6.45) is 5.50. The highest BCUT2D eigenvalue weighted by molar-refractivity contribution is 5.65. The van der Waals surface area contributed by atoms with Gasteiger partial charge in [0.1, 0.15) is 17.5 Å². The van der Waals surface area contributed by atoms with Crippen LogP contribution in [0.3, 0.4) is 0 Å². The fourth-order valence-corrected chi connectivity index (χ4v) is 2.73. The van der Waals surface area contributed by atoms with E-state index < -0.39 is 4.92 Å². The van der Waals surface area contributed by atoms with E-state index in [1.807, 2.05) is 30.3 Å². The van der Waals surface area contributed by atoms with Gasteiger partial charge in [0.05, 0.1) is 18.1 Å². The molecule has 0 aliphatic carbocycles. The van der Waals surface area contributed by atoms with Crippen molar-refractivity contribution in [1.82, 2.24) is 0 Å². The highest BCUT2D eigenvalue weighted by Crippen LogP contribution is 2.31. The molecule has 0 spiro atoms. The van der Waals surface area contributed by atoms with Gasteiger partial charge in [-0.3, -0.25) is 10.1 Å². The van der Waals surface area contributed by atoms with Crippen LogP contribution in [0.1, 0.15) is 50.6 Å². The summed E-state index contributed by atoms with van der Waals surface area (Å²) in [6, 6.07) is 14.2. The van der Waals surface area contributed by atoms with Crippen molar-refractivity contribution in [2.45, 2.75) is 45.1 Å². The van der Waals surface area contributed by atoms with E-state index in [2.05, 4.69) is 24.1 Å². The van der Waals surface area contributed by atoms with Gasteiger partial charge in [0, 0.05) is 6.42 Å². The molecule has 2 aromatic carbocycles. The molecule has 0 amide bonds. The van der Waals surface area contributed by atoms with Crippen molar-refractivity contribution in [2.24, 2.45) is 0 Å². The summed E-state index contributed by atoms with van der Waals surface area (Å²) in [6.45, 7) is 2.18. The van der Waals surface area contributed by atoms with Gasteiger partial charge in [0.15, 0.2) is 0 Å². The van der Waals surface area contributed by atoms with Crippen molar-refractivity contribution in [1.29, 1.82) is 0 Å². The van der Waals surface area contributed by atoms with Crippen molar-refractivity contribution in [3.63, 3.8) is 0 Å². The lowest BCUT2D eigenvalue weighted by molar-refractivity contribution is -0.384. The lowest BCUT2D eigenvalue weighted by atomic mass is 10.1. The lowest BCUT2D eigenvalue weighted by Gasteiger charge is -2.15. The van der Waals surface area contributed by atoms with Crippen LogP contribution in [0, 0.1) is 22.0 Å². The highest BCUT2D eigenvalue weighted by atomic mass is 16.6. The van der Waals surface area contributed by atoms with Crippen LogP contribution in [0.15, 0.2) is 48.5 Å². The minimum atomic E-state index is -0.412. The summed E-state index contributed by atoms with van der Waals surface area (Å²) in [5, 5.41) is 14.7. The van der Waals surface area contributed by atoms with Crippen LogP contribution in [-0.4, -0.2) is 12.0 Å². The van der Waals surface area contributed by atoms with E-state index in [9.17, 15) is 10.1 Å². The van der Waals surface area contributed by atoms with Gasteiger partial charge in [-0.2, -0.15) is 0 Å². The Balaban J connectivity index is 2.22. The molecular formula is C22H26N2O3. The molecule has 0 bridgehead atoms. The molecule has 142 valence electrons. The second kappa shape index (κ2) is 10.9. The molecule has 2 rings (SSSR count). The Morgan fingerprint density at radius 1 is 1.15 bits per heavy atom. The minimum Gasteiger partial charge on any atom is -0.496 e. The third-order valence-corrected chi connectivity index (χ3v) is 4.24. The first-order chi connectivity index (χ1) is 13.2. The summed E-state index contributed by atoms with van der Waals surface area (Å²) < 4.78 is 5.10. The van der Waals surface area contributed by atoms with Crippen molar-refractivity contribution in [2.75, 3.05) is 12.4 Å². The third-order valence-electron chi connectivity index (χ3n) is 4.24. The number of nitro groups is 1. The van der Waals surface area contributed by atoms with Crippen molar-refractivity contribution in [3.8, 4) is 17.6 Å². The predicted octanol–water partition coefficient (Wildman–Crippen LogP) is 5.73. The van der Waals surface area contributed by atoms with Crippen molar-refractivity contribution < 1.29 is 9.66 Å². The van der Waals surface area contributed by atoms with E-state index in [1.54, 1.807) is 12.1 Å². The lowest BCUT2D eigenvalue weighted by Crippen LogP contribution is -2.10. The highest BCUT2D eigenvalue weighted by Gasteiger charge is 2.18. The molecule has 0 aliphatic heterocycles. The zero-order valence-electron chi connectivity index (χ0n) is 15.9. The molecule has 0 saturated heterocycles. The third kappa shape index (κ3) is 6.34. The van der Waals surface area contributed by atoms with Gasteiger partial charge in [-0.05, 0) is 24.1 Å². The molecule has 5 nitrogen and oxygen atoms in total. The number of nitrogens with zero attached hydrogens (tertiary/aromatic N) is 1. The molecule has 0 fully saturated rings. The van der Waals surface area contributed by atoms with Crippen LogP contribution in [-0.2, 0) is 0 Å². The Labute approximate surface area is 160 Å². The predicted molar refractivity (Wildman–Crippen MR) is 109 cm³/mol. The van der Waals surface area contributed by atoms with Gasteiger partial charge in [0.25, 0.3) is 5.69 Å². The monoisotopic (exact) mass is 366 g/mol. The number of hydrogen-bond donors (Lipinski definition) is 1. The van der Waals surface area contributed by atoms with Gasteiger partial charge in [-0.25, -0.2) is 0 Å². The first kappa shape index (κ1) is 20.3. The standard InChI is InChI=1S/C22H26N2O3/c1-3-4-5-6-7-11-14-20(18-12-9-8-10-13-18)23-21-16-15-19(27-2)17-22(21)24(25)26/h8-10,12-13,15-17,20,23H,3-7H2,1-2H3. The first-order valence-corrected chi connectivity index (χ1v) is 9.28. The van der Waals surface area contributed by atoms with Gasteiger partial charge >= 0.3 is 0 Å². The average molecular weight is 366 g/mol. The summed E-state index contributed by atoms with van der Waals surface area (Å²) in [5.74, 6) is 6.92. The maximum atomic E-state index is 11.4. The van der Waals surface area contributed by atoms with Crippen LogP contribution in [0.2, 0.25) is 0 Å². The summed E-state index contributed by atoms with van der Waals surface area (Å²) in [7, 11) is 1.49. The van der Waals surface area contributed by atoms with Gasteiger partial charge < -0.3 is 10.1 Å². The molecule has 0 radical (unpaired) electrons. The van der Waals surface area contributed by atoms with Crippen molar-refractivity contribution >= 4 is 11.4 Å². The number of anilines is 1. The molecule has 2 aromatic rings. The summed E-state index contributed by atoms with van der Waals surface area (Å²) in [4.78, 5) is 11.0. The van der Waals surface area contributed by atoms with Gasteiger partial charge in [-0.15, -0.1) is 5.92 Å². The second-order valence-corrected chi connectivity index (χ2v) is 6.26. The van der Waals surface area contributed by atoms with E-state index in [4.69, 9.17) is 4.74 Å². The first-order valence-electron chi connectivity index (χ1n) is 9.28. The molecule has 0 heterocycles. The number of benzene rings is 2. The number of rotatable bonds is 9. The number of nitro benzene ring substituents is 1. The number of ether oxygens (including phenoxy) is 1. The van der Waals surface area contributed by atoms with E-state index >= 15 is 0 Å². The molecule has 0 aliphatic rings. The maximum absolute atomic E-state index is 11.4. The van der Waals surface area contributed by atoms with Crippen LogP contribution >= 0.6 is 0 Å². The van der Waals surface area contributed by atoms with Gasteiger partial charge in [-0.1, -0.05) is 62.4 Å². The van der Waals surface area contributed by atoms with E-state index in [0.717, 1.165) is 18.4 Å². The zero-order valence-corrected chi connectivity index (χ0v) is 15.9. The normalized spacial score (nSPS) is 11.2. The molecule has 0 aromatic heterocycles. The fraction of sp³-hybridized carbons (Fsp3) is 0.364. The van der Waals surface area contributed by atoms with Crippen LogP contribution < -0.4 is 10.1 Å². The molecule has 1 atom stereocenters. The van der Waals surface area contributed by atoms with E-state index in [-0.39, 0.29) is 11.7 Å². The Morgan fingerprint density at radius 3 is 2.59 bits per heavy atom. The SMILES string of the molecule is CCCCCCC#CC(Nc1ccc(OC)cc1[N+](=O)[O-])c1ccccc1. The fourth-order valence-electron chi connectivity index (χ4n) is 2.73. The number of unbranched alkanes of at least 4 members (excludes halogenated alkanes) is 4. The van der Waals surface area contributed by atoms with Gasteiger partial charge in [0.2, 0.25) is 0 Å². The van der Waals surface area contributed by atoms with E-state index in [1.165, 1.54) is 32.4 Å². The second-order valence-electron chi connectivity index (χ2n) is 6.26. The largest absolute Gasteiger partial charge is 0.496 e.